The molecule has 7 nitrogen and oxygen atoms in total. The number of carbonyl (C=O) groups is 1. The van der Waals surface area contributed by atoms with Crippen LogP contribution in [-0.2, 0) is 17.5 Å². The first-order valence-corrected chi connectivity index (χ1v) is 15.8. The van der Waals surface area contributed by atoms with E-state index in [1.807, 2.05) is 30.0 Å². The number of ether oxygens (including phenoxy) is 1. The lowest BCUT2D eigenvalue weighted by Crippen LogP contribution is -2.66. The largest absolute Gasteiger partial charge is 0.497 e. The number of amides is 1. The summed E-state index contributed by atoms with van der Waals surface area (Å²) in [6, 6.07) is 10.4. The van der Waals surface area contributed by atoms with Gasteiger partial charge >= 0.3 is 6.18 Å². The molecule has 7 rings (SSSR count). The van der Waals surface area contributed by atoms with Crippen LogP contribution in [0.4, 0.5) is 22.0 Å². The summed E-state index contributed by atoms with van der Waals surface area (Å²) in [4.78, 5) is 21.7. The molecule has 2 aliphatic rings. The number of H-pyrrole nitrogens is 1. The van der Waals surface area contributed by atoms with Gasteiger partial charge in [0.25, 0.3) is 0 Å². The zero-order chi connectivity index (χ0) is 33.0. The van der Waals surface area contributed by atoms with Crippen molar-refractivity contribution >= 4 is 39.0 Å². The van der Waals surface area contributed by atoms with Crippen LogP contribution in [0.2, 0.25) is 0 Å². The van der Waals surface area contributed by atoms with E-state index in [-0.39, 0.29) is 45.7 Å². The zero-order valence-corrected chi connectivity index (χ0v) is 26.4. The van der Waals surface area contributed by atoms with Gasteiger partial charge in [-0.3, -0.25) is 9.18 Å². The molecule has 1 amide bonds. The van der Waals surface area contributed by atoms with Crippen molar-refractivity contribution in [1.29, 1.82) is 0 Å². The van der Waals surface area contributed by atoms with Crippen molar-refractivity contribution in [3.05, 3.63) is 59.0 Å². The molecule has 0 radical (unpaired) electrons. The summed E-state index contributed by atoms with van der Waals surface area (Å²) in [5.74, 6) is -0.0579. The Hall–Kier alpha value is -3.97. The molecule has 0 atom stereocenters. The van der Waals surface area contributed by atoms with Crippen LogP contribution in [0.5, 0.6) is 5.75 Å². The smallest absolute Gasteiger partial charge is 0.431 e. The van der Waals surface area contributed by atoms with Crippen molar-refractivity contribution in [1.82, 2.24) is 19.4 Å². The van der Waals surface area contributed by atoms with Gasteiger partial charge in [-0.15, -0.1) is 11.3 Å². The van der Waals surface area contributed by atoms with Gasteiger partial charge in [0.2, 0.25) is 11.9 Å². The molecule has 2 aromatic carbocycles. The van der Waals surface area contributed by atoms with Gasteiger partial charge in [0.15, 0.2) is 0 Å². The van der Waals surface area contributed by atoms with Crippen LogP contribution in [-0.4, -0.2) is 58.8 Å². The number of rotatable bonds is 7. The molecule has 4 heterocycles. The molecule has 1 aliphatic heterocycles. The molecule has 1 spiro atoms. The number of aromatic nitrogens is 3. The van der Waals surface area contributed by atoms with Gasteiger partial charge in [0.05, 0.1) is 31.1 Å². The zero-order valence-electron chi connectivity index (χ0n) is 25.6. The third kappa shape index (κ3) is 5.53. The Morgan fingerprint density at radius 1 is 1.13 bits per heavy atom. The topological polar surface area (TPSA) is 89.2 Å². The fourth-order valence-corrected chi connectivity index (χ4v) is 7.78. The Morgan fingerprint density at radius 3 is 2.54 bits per heavy atom. The van der Waals surface area contributed by atoms with Crippen molar-refractivity contribution in [2.75, 3.05) is 27.4 Å². The van der Waals surface area contributed by atoms with Crippen LogP contribution in [0.3, 0.4) is 0 Å². The highest BCUT2D eigenvalue weighted by Crippen LogP contribution is 2.48. The molecule has 0 unspecified atom stereocenters. The number of carbonyl (C=O) groups excluding carboxylic acids is 1. The first-order valence-electron chi connectivity index (χ1n) is 14.9. The van der Waals surface area contributed by atoms with Crippen molar-refractivity contribution in [3.8, 4) is 27.6 Å². The lowest BCUT2D eigenvalue weighted by molar-refractivity contribution is -0.151. The quantitative estimate of drug-likeness (QED) is 0.175. The number of hydrogen-bond donors (Lipinski definition) is 2. The van der Waals surface area contributed by atoms with Gasteiger partial charge in [0, 0.05) is 64.7 Å². The SMILES string of the molecule is CF.COc1ccc2[nH]c(C(F)(F)F)c(-c3csc(-c4c(F)n(CCCC(=O)N5CC6(CC(N)C6)C5)c5cc(C)ccc45)n3)c2c1. The van der Waals surface area contributed by atoms with Crippen LogP contribution < -0.4 is 10.5 Å². The number of nitrogens with two attached hydrogens (primary N) is 1. The van der Waals surface area contributed by atoms with E-state index in [1.165, 1.54) is 24.6 Å². The number of fused-ring (bicyclic) bond motifs is 2. The molecule has 1 saturated heterocycles. The molecule has 3 aromatic heterocycles. The number of methoxy groups -OCH3 is 1. The van der Waals surface area contributed by atoms with Crippen LogP contribution in [0, 0.1) is 18.3 Å². The van der Waals surface area contributed by atoms with Crippen LogP contribution in [0.15, 0.2) is 41.8 Å². The Bertz CT molecular complexity index is 1910. The predicted molar refractivity (Wildman–Crippen MR) is 169 cm³/mol. The predicted octanol–water partition coefficient (Wildman–Crippen LogP) is 7.70. The maximum atomic E-state index is 16.2. The standard InChI is InChI=1S/C32H31F4N5O2S.CH3F/c1-17-5-7-20-24(10-17)41(9-3-4-25(42)40-15-31(16-40)12-18(37)13-31)29(33)27(20)30-39-23(14-44-30)26-21-11-19(43-2)6-8-22(21)38-28(26)32(34,35)36;1-2/h5-8,10-11,14,18,38H,3-4,9,12-13,15-16,37H2,1-2H3;1H3. The van der Waals surface area contributed by atoms with Crippen molar-refractivity contribution < 1.29 is 31.5 Å². The highest BCUT2D eigenvalue weighted by atomic mass is 32.1. The van der Waals surface area contributed by atoms with Crippen molar-refractivity contribution in [2.45, 2.75) is 51.4 Å². The maximum Gasteiger partial charge on any atom is 0.431 e. The van der Waals surface area contributed by atoms with E-state index >= 15 is 4.39 Å². The first kappa shape index (κ1) is 32.0. The van der Waals surface area contributed by atoms with Crippen LogP contribution in [0.25, 0.3) is 43.6 Å². The average molecular weight is 660 g/mol. The van der Waals surface area contributed by atoms with Crippen LogP contribution in [0.1, 0.15) is 36.9 Å². The molecular weight excluding hydrogens is 625 g/mol. The lowest BCUT2D eigenvalue weighted by Gasteiger charge is -2.58. The Morgan fingerprint density at radius 2 is 1.87 bits per heavy atom. The lowest BCUT2D eigenvalue weighted by atomic mass is 9.61. The number of likely N-dealkylation sites (tertiary alicyclic amines) is 1. The molecule has 1 aliphatic carbocycles. The van der Waals surface area contributed by atoms with Gasteiger partial charge in [-0.1, -0.05) is 12.1 Å². The minimum absolute atomic E-state index is 0.0600. The van der Waals surface area contributed by atoms with Gasteiger partial charge in [-0.25, -0.2) is 4.98 Å². The number of nitrogens with one attached hydrogen (secondary N) is 1. The molecule has 13 heteroatoms. The summed E-state index contributed by atoms with van der Waals surface area (Å²) in [5, 5.41) is 2.72. The number of aryl methyl sites for hydroxylation is 2. The van der Waals surface area contributed by atoms with E-state index in [1.54, 1.807) is 10.6 Å². The molecule has 5 aromatic rings. The summed E-state index contributed by atoms with van der Waals surface area (Å²) in [6.45, 7) is 3.68. The van der Waals surface area contributed by atoms with Crippen LogP contribution >= 0.6 is 11.3 Å². The summed E-state index contributed by atoms with van der Waals surface area (Å²) >= 11 is 1.09. The number of halogens is 5. The first-order chi connectivity index (χ1) is 22.0. The summed E-state index contributed by atoms with van der Waals surface area (Å²) in [7, 11) is 1.95. The number of nitrogens with zero attached hydrogens (tertiary/aromatic N) is 3. The Kier molecular flexibility index (Phi) is 8.34. The van der Waals surface area contributed by atoms with E-state index < -0.39 is 17.8 Å². The van der Waals surface area contributed by atoms with Crippen molar-refractivity contribution in [3.63, 3.8) is 0 Å². The number of benzene rings is 2. The number of hydrogen-bond acceptors (Lipinski definition) is 5. The summed E-state index contributed by atoms with van der Waals surface area (Å²) < 4.78 is 75.0. The van der Waals surface area contributed by atoms with Crippen molar-refractivity contribution in [2.24, 2.45) is 11.1 Å². The average Bonchev–Trinajstić information content (AvgIpc) is 3.68. The molecule has 244 valence electrons. The molecule has 2 fully saturated rings. The number of thiazole rings is 1. The number of alkyl halides is 4. The Balaban J connectivity index is 0.00000182. The molecule has 1 saturated carbocycles. The molecule has 3 N–H and O–H groups in total. The normalized spacial score (nSPS) is 16.0. The third-order valence-electron chi connectivity index (χ3n) is 8.99. The van der Waals surface area contributed by atoms with E-state index in [0.717, 1.165) is 42.8 Å². The summed E-state index contributed by atoms with van der Waals surface area (Å²) in [6.07, 6.45) is -1.99. The monoisotopic (exact) mass is 659 g/mol. The summed E-state index contributed by atoms with van der Waals surface area (Å²) in [5.41, 5.74) is 7.31. The minimum Gasteiger partial charge on any atom is -0.497 e. The second-order valence-electron chi connectivity index (χ2n) is 12.2. The van der Waals surface area contributed by atoms with Gasteiger partial charge < -0.3 is 24.9 Å². The maximum absolute atomic E-state index is 16.2. The Labute approximate surface area is 266 Å². The second kappa shape index (κ2) is 12.0. The molecule has 46 heavy (non-hydrogen) atoms. The van der Waals surface area contributed by atoms with E-state index in [9.17, 15) is 22.4 Å². The van der Waals surface area contributed by atoms with Gasteiger partial charge in [-0.05, 0) is 56.0 Å². The third-order valence-corrected chi connectivity index (χ3v) is 9.85. The fourth-order valence-electron chi connectivity index (χ4n) is 6.93. The van der Waals surface area contributed by atoms with Gasteiger partial charge in [-0.2, -0.15) is 17.6 Å². The highest BCUT2D eigenvalue weighted by Gasteiger charge is 2.52. The second-order valence-corrected chi connectivity index (χ2v) is 13.0. The highest BCUT2D eigenvalue weighted by molar-refractivity contribution is 7.13. The molecule has 0 bridgehead atoms. The van der Waals surface area contributed by atoms with Gasteiger partial charge in [0.1, 0.15) is 16.5 Å². The minimum atomic E-state index is -4.66. The fraction of sp³-hybridized carbons (Fsp3) is 0.394. The molecular formula is C33H34F5N5O2S. The van der Waals surface area contributed by atoms with E-state index in [4.69, 9.17) is 10.5 Å². The van der Waals surface area contributed by atoms with E-state index in [0.29, 0.717) is 47.6 Å². The number of aromatic amines is 1. The van der Waals surface area contributed by atoms with E-state index in [2.05, 4.69) is 9.97 Å².